The lowest BCUT2D eigenvalue weighted by Crippen LogP contribution is -1.99. The van der Waals surface area contributed by atoms with Gasteiger partial charge in [0.05, 0.1) is 22.4 Å². The van der Waals surface area contributed by atoms with E-state index in [2.05, 4.69) is 240 Å². The van der Waals surface area contributed by atoms with E-state index in [0.717, 1.165) is 28.2 Å². The Morgan fingerprint density at radius 2 is 0.656 bits per heavy atom. The fourth-order valence-corrected chi connectivity index (χ4v) is 10.5. The molecule has 0 saturated carbocycles. The predicted molar refractivity (Wildman–Crippen MR) is 260 cm³/mol. The Morgan fingerprint density at radius 1 is 0.262 bits per heavy atom. The molecule has 0 radical (unpaired) electrons. The fourth-order valence-electron chi connectivity index (χ4n) is 9.40. The van der Waals surface area contributed by atoms with Crippen LogP contribution in [0.1, 0.15) is 0 Å². The molecule has 0 aliphatic heterocycles. The van der Waals surface area contributed by atoms with E-state index in [9.17, 15) is 0 Å². The van der Waals surface area contributed by atoms with Gasteiger partial charge in [-0.15, -0.1) is 11.3 Å². The Kier molecular flexibility index (Phi) is 8.39. The molecule has 0 spiro atoms. The first-order valence-electron chi connectivity index (χ1n) is 20.8. The molecular weight excluding hydrogens is 757 g/mol. The summed E-state index contributed by atoms with van der Waals surface area (Å²) in [5.74, 6) is 0. The number of fused-ring (bicyclic) bond motifs is 5. The Bertz CT molecular complexity index is 3540. The Morgan fingerprint density at radius 3 is 1.20 bits per heavy atom. The normalized spacial score (nSPS) is 11.6. The van der Waals surface area contributed by atoms with Crippen LogP contribution in [0.15, 0.2) is 231 Å². The first kappa shape index (κ1) is 35.2. The summed E-state index contributed by atoms with van der Waals surface area (Å²) >= 11 is 1.87. The van der Waals surface area contributed by atoms with Crippen molar-refractivity contribution in [2.45, 2.75) is 0 Å². The van der Waals surface area contributed by atoms with Crippen molar-refractivity contribution in [2.24, 2.45) is 0 Å². The lowest BCUT2D eigenvalue weighted by molar-refractivity contribution is 1.13. The monoisotopic (exact) mass is 794 g/mol. The SMILES string of the molecule is c1ccc(-c2ccc(-c3c(-c4c(-c5ccc(-c6ccccc6)cc5)n(-c5ccc6c(c5)sc5ccccc56)c5ccccc45)c4ccccc4n3-c3ccccc3)cc2)cc1. The minimum atomic E-state index is 1.12. The zero-order chi connectivity index (χ0) is 40.3. The van der Waals surface area contributed by atoms with Crippen molar-refractivity contribution < 1.29 is 0 Å². The van der Waals surface area contributed by atoms with Gasteiger partial charge in [-0.1, -0.05) is 188 Å². The van der Waals surface area contributed by atoms with E-state index in [0.29, 0.717) is 0 Å². The molecule has 3 heterocycles. The zero-order valence-corrected chi connectivity index (χ0v) is 34.1. The number of nitrogens with zero attached hydrogens (tertiary/aromatic N) is 2. The van der Waals surface area contributed by atoms with Gasteiger partial charge in [-0.25, -0.2) is 0 Å². The molecule has 12 aromatic rings. The topological polar surface area (TPSA) is 9.86 Å². The van der Waals surface area contributed by atoms with Crippen molar-refractivity contribution in [3.63, 3.8) is 0 Å². The minimum Gasteiger partial charge on any atom is -0.309 e. The van der Waals surface area contributed by atoms with Gasteiger partial charge in [0.1, 0.15) is 0 Å². The largest absolute Gasteiger partial charge is 0.309 e. The summed E-state index contributed by atoms with van der Waals surface area (Å²) in [6.07, 6.45) is 0. The van der Waals surface area contributed by atoms with Gasteiger partial charge in [-0.2, -0.15) is 0 Å². The number of para-hydroxylation sites is 3. The molecule has 286 valence electrons. The second kappa shape index (κ2) is 14.5. The average molecular weight is 795 g/mol. The van der Waals surface area contributed by atoms with Crippen LogP contribution >= 0.6 is 11.3 Å². The summed E-state index contributed by atoms with van der Waals surface area (Å²) in [7, 11) is 0. The van der Waals surface area contributed by atoms with Crippen molar-refractivity contribution in [1.29, 1.82) is 0 Å². The smallest absolute Gasteiger partial charge is 0.0620 e. The average Bonchev–Trinajstić information content (AvgIpc) is 4.00. The molecule has 0 fully saturated rings. The molecule has 61 heavy (non-hydrogen) atoms. The highest BCUT2D eigenvalue weighted by Gasteiger charge is 2.29. The lowest BCUT2D eigenvalue weighted by atomic mass is 9.92. The molecule has 12 rings (SSSR count). The minimum absolute atomic E-state index is 1.12. The summed E-state index contributed by atoms with van der Waals surface area (Å²) in [6.45, 7) is 0. The molecule has 9 aromatic carbocycles. The predicted octanol–water partition coefficient (Wildman–Crippen LogP) is 16.3. The van der Waals surface area contributed by atoms with Crippen LogP contribution in [0.4, 0.5) is 0 Å². The van der Waals surface area contributed by atoms with E-state index in [4.69, 9.17) is 0 Å². The summed E-state index contributed by atoms with van der Waals surface area (Å²) in [6, 6.07) is 84.2. The maximum atomic E-state index is 2.52. The van der Waals surface area contributed by atoms with Crippen molar-refractivity contribution in [3.05, 3.63) is 231 Å². The number of hydrogen-bond donors (Lipinski definition) is 0. The van der Waals surface area contributed by atoms with Crippen LogP contribution in [0.2, 0.25) is 0 Å². The second-order valence-electron chi connectivity index (χ2n) is 15.7. The van der Waals surface area contributed by atoms with Crippen LogP contribution in [0.3, 0.4) is 0 Å². The van der Waals surface area contributed by atoms with Crippen LogP contribution in [0.25, 0.3) is 109 Å². The molecule has 0 atom stereocenters. The molecule has 0 aliphatic rings. The van der Waals surface area contributed by atoms with Gasteiger partial charge in [0.25, 0.3) is 0 Å². The maximum absolute atomic E-state index is 2.52. The number of hydrogen-bond acceptors (Lipinski definition) is 1. The second-order valence-corrected chi connectivity index (χ2v) is 16.7. The summed E-state index contributed by atoms with van der Waals surface area (Å²) < 4.78 is 7.58. The first-order valence-corrected chi connectivity index (χ1v) is 21.7. The van der Waals surface area contributed by atoms with E-state index in [1.807, 2.05) is 11.3 Å². The molecule has 0 unspecified atom stereocenters. The van der Waals surface area contributed by atoms with Crippen molar-refractivity contribution in [3.8, 4) is 67.3 Å². The van der Waals surface area contributed by atoms with Gasteiger partial charge in [-0.05, 0) is 75.8 Å². The molecule has 0 amide bonds. The molecule has 0 aliphatic carbocycles. The summed E-state index contributed by atoms with van der Waals surface area (Å²) in [5, 5.41) is 5.01. The standard InChI is InChI=1S/C58H38N2S/c1-4-16-39(17-5-1)41-28-32-43(33-29-41)57-55(49-23-10-13-25-51(49)59(57)45-20-8-3-9-21-45)56-50-24-11-14-26-52(50)60(46-36-37-48-47-22-12-15-27-53(47)61-54(48)38-46)58(56)44-34-30-42(31-35-44)40-18-6-2-7-19-40/h1-38H. The van der Waals surface area contributed by atoms with Crippen LogP contribution in [0.5, 0.6) is 0 Å². The number of thiophene rings is 1. The molecule has 0 N–H and O–H groups in total. The Balaban J connectivity index is 1.20. The third kappa shape index (κ3) is 5.85. The summed E-state index contributed by atoms with van der Waals surface area (Å²) in [4.78, 5) is 0. The van der Waals surface area contributed by atoms with Crippen LogP contribution < -0.4 is 0 Å². The molecule has 0 saturated heterocycles. The van der Waals surface area contributed by atoms with Crippen molar-refractivity contribution in [2.75, 3.05) is 0 Å². The van der Waals surface area contributed by atoms with Crippen molar-refractivity contribution in [1.82, 2.24) is 9.13 Å². The van der Waals surface area contributed by atoms with E-state index in [1.165, 1.54) is 81.1 Å². The first-order chi connectivity index (χ1) is 30.3. The fraction of sp³-hybridized carbons (Fsp3) is 0. The highest BCUT2D eigenvalue weighted by molar-refractivity contribution is 7.25. The third-order valence-electron chi connectivity index (χ3n) is 12.2. The maximum Gasteiger partial charge on any atom is 0.0620 e. The van der Waals surface area contributed by atoms with E-state index >= 15 is 0 Å². The van der Waals surface area contributed by atoms with E-state index in [1.54, 1.807) is 0 Å². The van der Waals surface area contributed by atoms with Gasteiger partial charge in [0.15, 0.2) is 0 Å². The molecule has 2 nitrogen and oxygen atoms in total. The highest BCUT2D eigenvalue weighted by Crippen LogP contribution is 2.51. The van der Waals surface area contributed by atoms with Gasteiger partial charge < -0.3 is 9.13 Å². The molecule has 0 bridgehead atoms. The van der Waals surface area contributed by atoms with Gasteiger partial charge in [-0.3, -0.25) is 0 Å². The number of benzene rings is 9. The van der Waals surface area contributed by atoms with Crippen LogP contribution in [0, 0.1) is 0 Å². The highest BCUT2D eigenvalue weighted by atomic mass is 32.1. The molecule has 3 heteroatoms. The van der Waals surface area contributed by atoms with Gasteiger partial charge in [0.2, 0.25) is 0 Å². The number of aromatic nitrogens is 2. The Labute approximate surface area is 358 Å². The quantitative estimate of drug-likeness (QED) is 0.152. The van der Waals surface area contributed by atoms with Gasteiger partial charge in [0, 0.05) is 53.4 Å². The third-order valence-corrected chi connectivity index (χ3v) is 13.3. The van der Waals surface area contributed by atoms with E-state index in [-0.39, 0.29) is 0 Å². The van der Waals surface area contributed by atoms with Crippen LogP contribution in [-0.2, 0) is 0 Å². The summed E-state index contributed by atoms with van der Waals surface area (Å²) in [5.41, 5.74) is 16.5. The lowest BCUT2D eigenvalue weighted by Gasteiger charge is -2.17. The van der Waals surface area contributed by atoms with Crippen molar-refractivity contribution >= 4 is 53.3 Å². The Hall–Kier alpha value is -7.72. The molecule has 3 aromatic heterocycles. The van der Waals surface area contributed by atoms with Crippen LogP contribution in [-0.4, -0.2) is 9.13 Å². The van der Waals surface area contributed by atoms with E-state index < -0.39 is 0 Å². The molecular formula is C58H38N2S. The zero-order valence-electron chi connectivity index (χ0n) is 33.2. The number of rotatable bonds is 7. The van der Waals surface area contributed by atoms with Gasteiger partial charge >= 0.3 is 0 Å².